The Kier molecular flexibility index (Phi) is 8.55. The zero-order chi connectivity index (χ0) is 28.6. The topological polar surface area (TPSA) is 91.7 Å². The lowest BCUT2D eigenvalue weighted by Gasteiger charge is -2.13. The van der Waals surface area contributed by atoms with Crippen LogP contribution in [0.15, 0.2) is 114 Å². The van der Waals surface area contributed by atoms with Crippen molar-refractivity contribution in [1.82, 2.24) is 9.55 Å². The number of hydrogen-bond acceptors (Lipinski definition) is 5. The zero-order valence-corrected chi connectivity index (χ0v) is 23.2. The van der Waals surface area contributed by atoms with Crippen LogP contribution < -0.4 is 10.5 Å². The molecule has 0 aliphatic carbocycles. The van der Waals surface area contributed by atoms with Crippen molar-refractivity contribution in [2.75, 3.05) is 7.11 Å². The number of carbonyl (C=O) groups excluding carboxylic acids is 1. The highest BCUT2D eigenvalue weighted by Gasteiger charge is 2.21. The first-order valence-electron chi connectivity index (χ1n) is 13.6. The first kappa shape index (κ1) is 27.4. The monoisotopic (exact) mass is 544 g/mol. The number of methoxy groups -OCH3 is 1. The average Bonchev–Trinajstić information content (AvgIpc) is 3.42. The Hall–Kier alpha value is -5.17. The molecule has 41 heavy (non-hydrogen) atoms. The van der Waals surface area contributed by atoms with Crippen LogP contribution >= 0.6 is 0 Å². The standard InChI is InChI=1S/C34H32N4O3/c1-3-4-23-38-31(25-13-9-6-10-14-25)30(24-11-7-5-8-12-24)36-33(38)27-15-17-28(18-16-27)34(39)41-37-32(35)26-19-21-29(40-2)22-20-26/h5-22H,3-4,23H2,1-2H3,(H2,35,37). The predicted octanol–water partition coefficient (Wildman–Crippen LogP) is 7.17. The summed E-state index contributed by atoms with van der Waals surface area (Å²) in [5.74, 6) is 1.04. The fraction of sp³-hybridized carbons (Fsp3) is 0.147. The molecule has 0 radical (unpaired) electrons. The van der Waals surface area contributed by atoms with Gasteiger partial charge in [0.05, 0.1) is 24.1 Å². The van der Waals surface area contributed by atoms with E-state index in [1.165, 1.54) is 0 Å². The van der Waals surface area contributed by atoms with Crippen molar-refractivity contribution in [3.8, 4) is 39.7 Å². The van der Waals surface area contributed by atoms with E-state index in [1.54, 1.807) is 43.5 Å². The van der Waals surface area contributed by atoms with Crippen LogP contribution in [0.5, 0.6) is 5.75 Å². The number of imidazole rings is 1. The number of hydrogen-bond donors (Lipinski definition) is 1. The third-order valence-corrected chi connectivity index (χ3v) is 6.79. The van der Waals surface area contributed by atoms with Gasteiger partial charge in [0, 0.05) is 28.8 Å². The number of benzene rings is 4. The van der Waals surface area contributed by atoms with Crippen molar-refractivity contribution in [1.29, 1.82) is 0 Å². The quantitative estimate of drug-likeness (QED) is 0.0871. The number of nitrogens with two attached hydrogens (primary N) is 1. The first-order chi connectivity index (χ1) is 20.1. The molecule has 7 nitrogen and oxygen atoms in total. The first-order valence-corrected chi connectivity index (χ1v) is 13.6. The molecule has 1 heterocycles. The lowest BCUT2D eigenvalue weighted by Crippen LogP contribution is -2.15. The molecule has 1 aromatic heterocycles. The lowest BCUT2D eigenvalue weighted by molar-refractivity contribution is 0.0516. The number of amidine groups is 1. The smallest absolute Gasteiger partial charge is 0.365 e. The molecular formula is C34H32N4O3. The molecule has 2 N–H and O–H groups in total. The van der Waals surface area contributed by atoms with Crippen molar-refractivity contribution >= 4 is 11.8 Å². The minimum Gasteiger partial charge on any atom is -0.497 e. The summed E-state index contributed by atoms with van der Waals surface area (Å²) in [6.45, 7) is 3.00. The van der Waals surface area contributed by atoms with Crippen LogP contribution in [0.4, 0.5) is 0 Å². The highest BCUT2D eigenvalue weighted by Crippen LogP contribution is 2.36. The number of rotatable bonds is 10. The number of oxime groups is 1. The summed E-state index contributed by atoms with van der Waals surface area (Å²) in [5.41, 5.74) is 12.0. The molecule has 0 saturated carbocycles. The Morgan fingerprint density at radius 2 is 1.41 bits per heavy atom. The van der Waals surface area contributed by atoms with Gasteiger partial charge >= 0.3 is 5.97 Å². The second kappa shape index (κ2) is 12.8. The van der Waals surface area contributed by atoms with Crippen LogP contribution in [0.2, 0.25) is 0 Å². The molecule has 0 amide bonds. The normalized spacial score (nSPS) is 11.3. The van der Waals surface area contributed by atoms with Gasteiger partial charge in [-0.2, -0.15) is 0 Å². The summed E-state index contributed by atoms with van der Waals surface area (Å²) in [5, 5.41) is 3.82. The third kappa shape index (κ3) is 6.20. The van der Waals surface area contributed by atoms with E-state index in [2.05, 4.69) is 40.9 Å². The van der Waals surface area contributed by atoms with Gasteiger partial charge in [0.2, 0.25) is 0 Å². The van der Waals surface area contributed by atoms with Gasteiger partial charge in [-0.3, -0.25) is 0 Å². The van der Waals surface area contributed by atoms with Crippen LogP contribution in [0.25, 0.3) is 33.9 Å². The number of ether oxygens (including phenoxy) is 1. The molecule has 5 aromatic rings. The molecule has 206 valence electrons. The van der Waals surface area contributed by atoms with E-state index in [0.717, 1.165) is 53.3 Å². The van der Waals surface area contributed by atoms with Gasteiger partial charge < -0.3 is 19.9 Å². The fourth-order valence-electron chi connectivity index (χ4n) is 4.61. The maximum absolute atomic E-state index is 12.7. The second-order valence-electron chi connectivity index (χ2n) is 9.53. The molecule has 0 bridgehead atoms. The Bertz CT molecular complexity index is 1630. The van der Waals surface area contributed by atoms with Gasteiger partial charge in [-0.05, 0) is 42.8 Å². The molecule has 0 aliphatic heterocycles. The maximum Gasteiger partial charge on any atom is 0.365 e. The van der Waals surface area contributed by atoms with Gasteiger partial charge in [0.25, 0.3) is 0 Å². The Balaban J connectivity index is 1.46. The molecule has 7 heteroatoms. The highest BCUT2D eigenvalue weighted by molar-refractivity contribution is 5.98. The van der Waals surface area contributed by atoms with Crippen LogP contribution in [0.3, 0.4) is 0 Å². The minimum atomic E-state index is -0.600. The molecule has 0 fully saturated rings. The van der Waals surface area contributed by atoms with Crippen molar-refractivity contribution < 1.29 is 14.4 Å². The predicted molar refractivity (Wildman–Crippen MR) is 163 cm³/mol. The van der Waals surface area contributed by atoms with Gasteiger partial charge in [-0.15, -0.1) is 0 Å². The summed E-state index contributed by atoms with van der Waals surface area (Å²) in [6, 6.07) is 34.8. The van der Waals surface area contributed by atoms with Crippen molar-refractivity contribution in [3.05, 3.63) is 120 Å². The van der Waals surface area contributed by atoms with Crippen LogP contribution in [0.1, 0.15) is 35.7 Å². The Morgan fingerprint density at radius 3 is 2.02 bits per heavy atom. The number of aromatic nitrogens is 2. The van der Waals surface area contributed by atoms with Crippen LogP contribution in [-0.2, 0) is 11.4 Å². The SMILES string of the molecule is CCCCn1c(-c2ccc(C(=O)O/N=C(\N)c3ccc(OC)cc3)cc2)nc(-c2ccccc2)c1-c1ccccc1. The van der Waals surface area contributed by atoms with Gasteiger partial charge in [0.15, 0.2) is 5.84 Å². The molecule has 0 unspecified atom stereocenters. The summed E-state index contributed by atoms with van der Waals surface area (Å²) in [4.78, 5) is 23.0. The van der Waals surface area contributed by atoms with E-state index in [0.29, 0.717) is 16.9 Å². The van der Waals surface area contributed by atoms with Gasteiger partial charge in [-0.1, -0.05) is 91.3 Å². The lowest BCUT2D eigenvalue weighted by atomic mass is 10.0. The van der Waals surface area contributed by atoms with Gasteiger partial charge in [-0.25, -0.2) is 9.78 Å². The molecule has 4 aromatic carbocycles. The van der Waals surface area contributed by atoms with Crippen molar-refractivity contribution in [3.63, 3.8) is 0 Å². The third-order valence-electron chi connectivity index (χ3n) is 6.79. The van der Waals surface area contributed by atoms with E-state index in [4.69, 9.17) is 20.3 Å². The largest absolute Gasteiger partial charge is 0.497 e. The molecule has 0 spiro atoms. The fourth-order valence-corrected chi connectivity index (χ4v) is 4.61. The molecule has 0 saturated heterocycles. The summed E-state index contributed by atoms with van der Waals surface area (Å²) < 4.78 is 7.44. The molecule has 5 rings (SSSR count). The van der Waals surface area contributed by atoms with Crippen molar-refractivity contribution in [2.24, 2.45) is 10.9 Å². The average molecular weight is 545 g/mol. The van der Waals surface area contributed by atoms with Gasteiger partial charge in [0.1, 0.15) is 11.6 Å². The molecule has 0 atom stereocenters. The van der Waals surface area contributed by atoms with E-state index in [9.17, 15) is 4.79 Å². The second-order valence-corrected chi connectivity index (χ2v) is 9.53. The summed E-state index contributed by atoms with van der Waals surface area (Å²) in [6.07, 6.45) is 2.06. The minimum absolute atomic E-state index is 0.0949. The molecular weight excluding hydrogens is 512 g/mol. The Labute approximate surface area is 239 Å². The number of carbonyl (C=O) groups is 1. The maximum atomic E-state index is 12.7. The summed E-state index contributed by atoms with van der Waals surface area (Å²) in [7, 11) is 1.59. The van der Waals surface area contributed by atoms with Crippen LogP contribution in [-0.4, -0.2) is 28.5 Å². The zero-order valence-electron chi connectivity index (χ0n) is 23.2. The van der Waals surface area contributed by atoms with E-state index >= 15 is 0 Å². The number of unbranched alkanes of at least 4 members (excludes halogenated alkanes) is 1. The van der Waals surface area contributed by atoms with Crippen LogP contribution in [0, 0.1) is 0 Å². The van der Waals surface area contributed by atoms with Crippen molar-refractivity contribution in [2.45, 2.75) is 26.3 Å². The summed E-state index contributed by atoms with van der Waals surface area (Å²) >= 11 is 0. The van der Waals surface area contributed by atoms with E-state index < -0.39 is 5.97 Å². The number of nitrogens with zero attached hydrogens (tertiary/aromatic N) is 3. The Morgan fingerprint density at radius 1 is 0.805 bits per heavy atom. The van der Waals surface area contributed by atoms with E-state index in [1.807, 2.05) is 48.5 Å². The molecule has 0 aliphatic rings. The highest BCUT2D eigenvalue weighted by atomic mass is 16.7. The van der Waals surface area contributed by atoms with E-state index in [-0.39, 0.29) is 5.84 Å².